The smallest absolute Gasteiger partial charge is 0.276 e. The Bertz CT molecular complexity index is 1320. The number of hydrazine groups is 1. The third kappa shape index (κ3) is 6.22. The molecule has 0 fully saturated rings. The van der Waals surface area contributed by atoms with E-state index in [0.29, 0.717) is 0 Å². The van der Waals surface area contributed by atoms with Crippen molar-refractivity contribution in [2.75, 3.05) is 11.3 Å². The van der Waals surface area contributed by atoms with Crippen LogP contribution in [0, 0.1) is 11.3 Å². The molecule has 2 amide bonds. The average Bonchev–Trinajstić information content (AvgIpc) is 2.82. The minimum atomic E-state index is -3.92. The number of anilines is 1. The number of carbonyl (C=O) groups excluding carboxylic acids is 2. The number of hydrogen-bond acceptors (Lipinski definition) is 6. The molecule has 3 rings (SSSR count). The van der Waals surface area contributed by atoms with Gasteiger partial charge in [-0.1, -0.05) is 35.9 Å². The molecule has 0 aliphatic rings. The molecule has 3 aromatic rings. The van der Waals surface area contributed by atoms with Crippen LogP contribution in [0.5, 0.6) is 5.75 Å². The van der Waals surface area contributed by atoms with Gasteiger partial charge in [0.2, 0.25) is 0 Å². The third-order valence-corrected chi connectivity index (χ3v) is 5.94. The molecule has 0 radical (unpaired) electrons. The van der Waals surface area contributed by atoms with Crippen molar-refractivity contribution >= 4 is 39.1 Å². The van der Waals surface area contributed by atoms with Crippen LogP contribution in [-0.2, 0) is 14.8 Å². The van der Waals surface area contributed by atoms with Gasteiger partial charge < -0.3 is 4.74 Å². The minimum Gasteiger partial charge on any atom is -0.482 e. The molecule has 0 aliphatic heterocycles. The summed E-state index contributed by atoms with van der Waals surface area (Å²) in [5.74, 6) is -1.08. The van der Waals surface area contributed by atoms with Crippen molar-refractivity contribution in [2.45, 2.75) is 4.90 Å². The second kappa shape index (κ2) is 10.5. The van der Waals surface area contributed by atoms with Gasteiger partial charge in [-0.05, 0) is 48.5 Å². The Morgan fingerprint density at radius 3 is 2.30 bits per heavy atom. The molecule has 9 nitrogen and oxygen atoms in total. The van der Waals surface area contributed by atoms with Crippen molar-refractivity contribution in [3.8, 4) is 11.8 Å². The first-order valence-corrected chi connectivity index (χ1v) is 11.2. The van der Waals surface area contributed by atoms with Crippen molar-refractivity contribution in [2.24, 2.45) is 0 Å². The summed E-state index contributed by atoms with van der Waals surface area (Å²) in [5.41, 5.74) is 4.99. The van der Waals surface area contributed by atoms with Crippen molar-refractivity contribution in [3.05, 3.63) is 88.9 Å². The number of ether oxygens (including phenoxy) is 1. The molecule has 0 spiro atoms. The average molecular weight is 485 g/mol. The van der Waals surface area contributed by atoms with Gasteiger partial charge in [-0.3, -0.25) is 25.2 Å². The number of nitriles is 1. The van der Waals surface area contributed by atoms with Gasteiger partial charge >= 0.3 is 0 Å². The number of rotatable bonds is 7. The maximum Gasteiger partial charge on any atom is 0.276 e. The first-order valence-electron chi connectivity index (χ1n) is 9.38. The molecule has 0 atom stereocenters. The predicted molar refractivity (Wildman–Crippen MR) is 121 cm³/mol. The van der Waals surface area contributed by atoms with E-state index in [1.54, 1.807) is 42.5 Å². The number of sulfonamides is 1. The quantitative estimate of drug-likeness (QED) is 0.441. The Morgan fingerprint density at radius 2 is 1.61 bits per heavy atom. The summed E-state index contributed by atoms with van der Waals surface area (Å²) in [6, 6.07) is 19.8. The largest absolute Gasteiger partial charge is 0.482 e. The van der Waals surface area contributed by atoms with Gasteiger partial charge in [0, 0.05) is 5.56 Å². The third-order valence-electron chi connectivity index (χ3n) is 4.23. The molecular weight excluding hydrogens is 468 g/mol. The van der Waals surface area contributed by atoms with Gasteiger partial charge in [-0.25, -0.2) is 8.42 Å². The van der Waals surface area contributed by atoms with E-state index in [-0.39, 0.29) is 32.5 Å². The summed E-state index contributed by atoms with van der Waals surface area (Å²) in [6.45, 7) is -0.427. The predicted octanol–water partition coefficient (Wildman–Crippen LogP) is 2.85. The van der Waals surface area contributed by atoms with Crippen LogP contribution in [0.25, 0.3) is 0 Å². The molecule has 0 heterocycles. The Hall–Kier alpha value is -4.07. The lowest BCUT2D eigenvalue weighted by Crippen LogP contribution is -2.43. The normalized spacial score (nSPS) is 10.5. The van der Waals surface area contributed by atoms with Gasteiger partial charge in [-0.15, -0.1) is 0 Å². The van der Waals surface area contributed by atoms with Gasteiger partial charge in [0.05, 0.1) is 21.2 Å². The molecule has 3 N–H and O–H groups in total. The van der Waals surface area contributed by atoms with E-state index in [1.165, 1.54) is 30.3 Å². The number of hydrogen-bond donors (Lipinski definition) is 3. The fourth-order valence-corrected chi connectivity index (χ4v) is 3.91. The fraction of sp³-hybridized carbons (Fsp3) is 0.0455. The highest BCUT2D eigenvalue weighted by Crippen LogP contribution is 2.24. The molecule has 0 aromatic heterocycles. The summed E-state index contributed by atoms with van der Waals surface area (Å²) in [5, 5.41) is 9.25. The molecule has 0 saturated heterocycles. The maximum atomic E-state index is 12.5. The van der Waals surface area contributed by atoms with Crippen molar-refractivity contribution < 1.29 is 22.7 Å². The molecule has 33 heavy (non-hydrogen) atoms. The SMILES string of the molecule is N#Cc1ccccc1OCC(=O)NNC(=O)c1ccc(S(=O)(=O)Nc2ccccc2Cl)cc1. The number of para-hydroxylation sites is 2. The van der Waals surface area contributed by atoms with E-state index in [4.69, 9.17) is 21.6 Å². The number of nitrogens with zero attached hydrogens (tertiary/aromatic N) is 1. The second-order valence-corrected chi connectivity index (χ2v) is 8.60. The minimum absolute atomic E-state index is 0.0763. The Kier molecular flexibility index (Phi) is 7.50. The first-order chi connectivity index (χ1) is 15.8. The van der Waals surface area contributed by atoms with Crippen molar-refractivity contribution in [3.63, 3.8) is 0 Å². The van der Waals surface area contributed by atoms with E-state index in [2.05, 4.69) is 15.6 Å². The standard InChI is InChI=1S/C22H17ClN4O5S/c23-18-6-2-3-7-19(18)27-33(30,31)17-11-9-15(10-12-17)22(29)26-25-21(28)14-32-20-8-4-1-5-16(20)13-24/h1-12,27H,14H2,(H,25,28)(H,26,29). The zero-order chi connectivity index (χ0) is 23.8. The summed E-state index contributed by atoms with van der Waals surface area (Å²) in [6.07, 6.45) is 0. The van der Waals surface area contributed by atoms with Gasteiger partial charge in [0.15, 0.2) is 6.61 Å². The number of carbonyl (C=O) groups is 2. The Labute approximate surface area is 195 Å². The van der Waals surface area contributed by atoms with Gasteiger partial charge in [0.25, 0.3) is 21.8 Å². The summed E-state index contributed by atoms with van der Waals surface area (Å²) < 4.78 is 32.7. The molecular formula is C22H17ClN4O5S. The molecule has 168 valence electrons. The van der Waals surface area contributed by atoms with Crippen LogP contribution in [0.4, 0.5) is 5.69 Å². The lowest BCUT2D eigenvalue weighted by Gasteiger charge is -2.11. The zero-order valence-electron chi connectivity index (χ0n) is 16.9. The Morgan fingerprint density at radius 1 is 0.939 bits per heavy atom. The van der Waals surface area contributed by atoms with Crippen LogP contribution in [0.1, 0.15) is 15.9 Å². The van der Waals surface area contributed by atoms with E-state index in [0.717, 1.165) is 0 Å². The van der Waals surface area contributed by atoms with Crippen LogP contribution >= 0.6 is 11.6 Å². The van der Waals surface area contributed by atoms with Gasteiger partial charge in [-0.2, -0.15) is 5.26 Å². The lowest BCUT2D eigenvalue weighted by atomic mass is 10.2. The monoisotopic (exact) mass is 484 g/mol. The molecule has 3 aromatic carbocycles. The van der Waals surface area contributed by atoms with Crippen LogP contribution < -0.4 is 20.3 Å². The number of halogens is 1. The highest BCUT2D eigenvalue weighted by Gasteiger charge is 2.17. The highest BCUT2D eigenvalue weighted by molar-refractivity contribution is 7.92. The molecule has 0 aliphatic carbocycles. The summed E-state index contributed by atoms with van der Waals surface area (Å²) in [7, 11) is -3.92. The number of amides is 2. The van der Waals surface area contributed by atoms with E-state index < -0.39 is 28.4 Å². The lowest BCUT2D eigenvalue weighted by molar-refractivity contribution is -0.123. The summed E-state index contributed by atoms with van der Waals surface area (Å²) >= 11 is 5.98. The van der Waals surface area contributed by atoms with E-state index in [9.17, 15) is 18.0 Å². The fourth-order valence-electron chi connectivity index (χ4n) is 2.60. The second-order valence-electron chi connectivity index (χ2n) is 6.51. The van der Waals surface area contributed by atoms with E-state index >= 15 is 0 Å². The summed E-state index contributed by atoms with van der Waals surface area (Å²) in [4.78, 5) is 24.1. The molecule has 11 heteroatoms. The topological polar surface area (TPSA) is 137 Å². The molecule has 0 bridgehead atoms. The molecule has 0 saturated carbocycles. The van der Waals surface area contributed by atoms with Crippen LogP contribution in [-0.4, -0.2) is 26.8 Å². The zero-order valence-corrected chi connectivity index (χ0v) is 18.5. The number of nitrogens with one attached hydrogen (secondary N) is 3. The van der Waals surface area contributed by atoms with Crippen LogP contribution in [0.15, 0.2) is 77.7 Å². The van der Waals surface area contributed by atoms with Gasteiger partial charge in [0.1, 0.15) is 11.8 Å². The highest BCUT2D eigenvalue weighted by atomic mass is 35.5. The van der Waals surface area contributed by atoms with E-state index in [1.807, 2.05) is 6.07 Å². The van der Waals surface area contributed by atoms with Crippen LogP contribution in [0.3, 0.4) is 0 Å². The first kappa shape index (κ1) is 23.6. The van der Waals surface area contributed by atoms with Crippen molar-refractivity contribution in [1.29, 1.82) is 5.26 Å². The van der Waals surface area contributed by atoms with Crippen molar-refractivity contribution in [1.82, 2.24) is 10.9 Å². The van der Waals surface area contributed by atoms with Crippen LogP contribution in [0.2, 0.25) is 5.02 Å². The number of benzene rings is 3. The Balaban J connectivity index is 1.55. The maximum absolute atomic E-state index is 12.5. The molecule has 0 unspecified atom stereocenters.